The van der Waals surface area contributed by atoms with Crippen LogP contribution in [0.4, 0.5) is 0 Å². The fraction of sp³-hybridized carbons (Fsp3) is 0.0625. The second-order valence-electron chi connectivity index (χ2n) is 4.98. The number of hydrazine groups is 1. The summed E-state index contributed by atoms with van der Waals surface area (Å²) < 4.78 is 1.55. The molecule has 0 fully saturated rings. The molecule has 0 saturated heterocycles. The van der Waals surface area contributed by atoms with E-state index in [0.717, 1.165) is 11.1 Å². The molecule has 26 heavy (non-hydrogen) atoms. The number of thioether (sulfide) groups is 1. The fourth-order valence-electron chi connectivity index (χ4n) is 2.01. The van der Waals surface area contributed by atoms with E-state index >= 15 is 0 Å². The second-order valence-corrected chi connectivity index (χ2v) is 6.33. The topological polar surface area (TPSA) is 111 Å². The number of pyridine rings is 1. The molecule has 0 aliphatic heterocycles. The number of benzene rings is 1. The van der Waals surface area contributed by atoms with Gasteiger partial charge in [-0.1, -0.05) is 41.6 Å². The molecule has 8 nitrogen and oxygen atoms in total. The maximum atomic E-state index is 11.4. The second kappa shape index (κ2) is 8.56. The molecule has 3 aromatic rings. The zero-order valence-electron chi connectivity index (χ0n) is 13.4. The van der Waals surface area contributed by atoms with Crippen molar-refractivity contribution in [3.05, 3.63) is 59.4 Å². The third-order valence-electron chi connectivity index (χ3n) is 3.26. The van der Waals surface area contributed by atoms with Gasteiger partial charge in [-0.2, -0.15) is 9.78 Å². The van der Waals surface area contributed by atoms with Crippen LogP contribution in [-0.2, 0) is 4.79 Å². The van der Waals surface area contributed by atoms with E-state index in [1.807, 2.05) is 18.2 Å². The van der Waals surface area contributed by atoms with Crippen LogP contribution in [0.3, 0.4) is 0 Å². The van der Waals surface area contributed by atoms with Crippen LogP contribution in [0, 0.1) is 0 Å². The molecule has 2 heterocycles. The van der Waals surface area contributed by atoms with Gasteiger partial charge in [0.25, 0.3) is 0 Å². The average molecular weight is 388 g/mol. The van der Waals surface area contributed by atoms with Gasteiger partial charge in [0.05, 0.1) is 12.0 Å². The number of hydrogen-bond acceptors (Lipinski definition) is 7. The molecule has 1 aromatic carbocycles. The molecular formula is C16H14ClN7OS. The molecule has 0 atom stereocenters. The van der Waals surface area contributed by atoms with Crippen LogP contribution in [-0.4, -0.2) is 37.7 Å². The van der Waals surface area contributed by atoms with Crippen LogP contribution in [0.1, 0.15) is 5.56 Å². The Kier molecular flexibility index (Phi) is 5.95. The van der Waals surface area contributed by atoms with E-state index in [9.17, 15) is 4.79 Å². The third-order valence-corrected chi connectivity index (χ3v) is 4.52. The molecule has 0 aliphatic rings. The molecule has 0 radical (unpaired) electrons. The highest BCUT2D eigenvalue weighted by Crippen LogP contribution is 2.23. The summed E-state index contributed by atoms with van der Waals surface area (Å²) in [7, 11) is 0. The van der Waals surface area contributed by atoms with Crippen molar-refractivity contribution >= 4 is 35.5 Å². The minimum atomic E-state index is -0.329. The maximum Gasteiger partial charge on any atom is 0.244 e. The number of amides is 1. The Labute approximate surface area is 158 Å². The van der Waals surface area contributed by atoms with Gasteiger partial charge in [0.15, 0.2) is 5.82 Å². The molecule has 2 aromatic heterocycles. The van der Waals surface area contributed by atoms with E-state index in [1.165, 1.54) is 11.8 Å². The van der Waals surface area contributed by atoms with Gasteiger partial charge in [-0.15, -0.1) is 10.2 Å². The number of nitrogens with one attached hydrogen (secondary N) is 1. The van der Waals surface area contributed by atoms with Gasteiger partial charge in [-0.25, -0.2) is 5.84 Å². The average Bonchev–Trinajstić information content (AvgIpc) is 3.09. The smallest absolute Gasteiger partial charge is 0.244 e. The fourth-order valence-corrected chi connectivity index (χ4v) is 2.89. The number of hydrogen-bond donors (Lipinski definition) is 2. The quantitative estimate of drug-likeness (QED) is 0.220. The molecule has 132 valence electrons. The lowest BCUT2D eigenvalue weighted by molar-refractivity contribution is -0.118. The summed E-state index contributed by atoms with van der Waals surface area (Å²) >= 11 is 7.34. The third kappa shape index (κ3) is 4.26. The van der Waals surface area contributed by atoms with E-state index in [2.05, 4.69) is 25.7 Å². The van der Waals surface area contributed by atoms with E-state index in [0.29, 0.717) is 16.0 Å². The molecule has 3 N–H and O–H groups in total. The summed E-state index contributed by atoms with van der Waals surface area (Å²) in [5.41, 5.74) is 3.62. The van der Waals surface area contributed by atoms with Crippen molar-refractivity contribution < 1.29 is 4.79 Å². The van der Waals surface area contributed by atoms with E-state index in [1.54, 1.807) is 41.5 Å². The van der Waals surface area contributed by atoms with Crippen molar-refractivity contribution in [3.8, 4) is 11.4 Å². The van der Waals surface area contributed by atoms with Gasteiger partial charge in [-0.3, -0.25) is 15.2 Å². The number of nitrogens with two attached hydrogens (primary N) is 1. The summed E-state index contributed by atoms with van der Waals surface area (Å²) in [5, 5.41) is 13.8. The molecule has 0 aliphatic carbocycles. The Hall–Kier alpha value is -2.75. The van der Waals surface area contributed by atoms with Crippen LogP contribution in [0.15, 0.2) is 59.0 Å². The Morgan fingerprint density at radius 2 is 2.04 bits per heavy atom. The van der Waals surface area contributed by atoms with Crippen molar-refractivity contribution in [3.63, 3.8) is 0 Å². The molecular weight excluding hydrogens is 374 g/mol. The van der Waals surface area contributed by atoms with Crippen LogP contribution >= 0.6 is 23.4 Å². The van der Waals surface area contributed by atoms with Crippen molar-refractivity contribution in [2.24, 2.45) is 10.9 Å². The zero-order chi connectivity index (χ0) is 18.4. The van der Waals surface area contributed by atoms with Gasteiger partial charge in [0.2, 0.25) is 11.1 Å². The van der Waals surface area contributed by atoms with Gasteiger partial charge in [0, 0.05) is 28.5 Å². The summed E-state index contributed by atoms with van der Waals surface area (Å²) in [6.07, 6.45) is 4.92. The van der Waals surface area contributed by atoms with Gasteiger partial charge in [0.1, 0.15) is 0 Å². The van der Waals surface area contributed by atoms with Crippen LogP contribution in [0.25, 0.3) is 11.4 Å². The van der Waals surface area contributed by atoms with Gasteiger partial charge >= 0.3 is 0 Å². The van der Waals surface area contributed by atoms with Crippen molar-refractivity contribution in [2.75, 3.05) is 5.75 Å². The Balaban J connectivity index is 1.97. The predicted molar refractivity (Wildman–Crippen MR) is 101 cm³/mol. The van der Waals surface area contributed by atoms with Crippen molar-refractivity contribution in [1.82, 2.24) is 25.3 Å². The molecule has 10 heteroatoms. The Bertz CT molecular complexity index is 929. The lowest BCUT2D eigenvalue weighted by atomic mass is 10.2. The highest BCUT2D eigenvalue weighted by atomic mass is 35.5. The number of halogens is 1. The summed E-state index contributed by atoms with van der Waals surface area (Å²) in [5.74, 6) is 5.40. The summed E-state index contributed by atoms with van der Waals surface area (Å²) in [4.78, 5) is 15.4. The maximum absolute atomic E-state index is 11.4. The molecule has 0 spiro atoms. The Morgan fingerprint density at radius 1 is 1.27 bits per heavy atom. The van der Waals surface area contributed by atoms with E-state index < -0.39 is 0 Å². The highest BCUT2D eigenvalue weighted by molar-refractivity contribution is 7.99. The number of nitrogens with zero attached hydrogens (tertiary/aromatic N) is 5. The standard InChI is InChI=1S/C16H14ClN7OS/c17-13-4-2-1-3-12(13)9-20-24-15(11-5-7-19-8-6-11)22-23-16(24)26-10-14(25)21-18/h1-9H,10,18H2,(H,21,25)/b20-9+. The van der Waals surface area contributed by atoms with Crippen LogP contribution in [0.5, 0.6) is 0 Å². The first-order valence-corrected chi connectivity index (χ1v) is 8.82. The lowest BCUT2D eigenvalue weighted by Gasteiger charge is -2.04. The summed E-state index contributed by atoms with van der Waals surface area (Å²) in [6.45, 7) is 0. The first-order valence-electron chi connectivity index (χ1n) is 7.46. The van der Waals surface area contributed by atoms with Crippen molar-refractivity contribution in [2.45, 2.75) is 5.16 Å². The van der Waals surface area contributed by atoms with Crippen LogP contribution in [0.2, 0.25) is 5.02 Å². The normalized spacial score (nSPS) is 11.0. The molecule has 0 saturated carbocycles. The zero-order valence-corrected chi connectivity index (χ0v) is 15.0. The Morgan fingerprint density at radius 3 is 2.77 bits per heavy atom. The highest BCUT2D eigenvalue weighted by Gasteiger charge is 2.15. The number of carbonyl (C=O) groups is 1. The summed E-state index contributed by atoms with van der Waals surface area (Å²) in [6, 6.07) is 10.9. The molecule has 0 unspecified atom stereocenters. The SMILES string of the molecule is NNC(=O)CSc1nnc(-c2ccncc2)n1/N=C/c1ccccc1Cl. The van der Waals surface area contributed by atoms with Crippen LogP contribution < -0.4 is 11.3 Å². The molecule has 3 rings (SSSR count). The largest absolute Gasteiger partial charge is 0.294 e. The number of rotatable bonds is 6. The first kappa shape index (κ1) is 18.1. The number of aromatic nitrogens is 4. The number of carbonyl (C=O) groups excluding carboxylic acids is 1. The van der Waals surface area contributed by atoms with Gasteiger partial charge < -0.3 is 0 Å². The van der Waals surface area contributed by atoms with Gasteiger partial charge in [-0.05, 0) is 18.2 Å². The monoisotopic (exact) mass is 387 g/mol. The molecule has 0 bridgehead atoms. The minimum Gasteiger partial charge on any atom is -0.294 e. The lowest BCUT2D eigenvalue weighted by Crippen LogP contribution is -2.31. The minimum absolute atomic E-state index is 0.0899. The molecule has 1 amide bonds. The van der Waals surface area contributed by atoms with E-state index in [4.69, 9.17) is 17.4 Å². The van der Waals surface area contributed by atoms with Crippen molar-refractivity contribution in [1.29, 1.82) is 0 Å². The van der Waals surface area contributed by atoms with E-state index in [-0.39, 0.29) is 11.7 Å². The first-order chi connectivity index (χ1) is 12.7. The predicted octanol–water partition coefficient (Wildman–Crippen LogP) is 1.96.